The highest BCUT2D eigenvalue weighted by Crippen LogP contribution is 2.18. The highest BCUT2D eigenvalue weighted by molar-refractivity contribution is 5.80. The summed E-state index contributed by atoms with van der Waals surface area (Å²) in [7, 11) is 2.18. The number of likely N-dealkylation sites (N-methyl/N-ethyl adjacent to an activating group) is 1. The van der Waals surface area contributed by atoms with E-state index in [0.717, 1.165) is 69.6 Å². The molecule has 2 N–H and O–H groups in total. The smallest absolute Gasteiger partial charge is 0.191 e. The molecule has 1 saturated heterocycles. The van der Waals surface area contributed by atoms with Crippen LogP contribution in [0, 0.1) is 6.92 Å². The van der Waals surface area contributed by atoms with Gasteiger partial charge in [0, 0.05) is 37.9 Å². The molecule has 0 aromatic carbocycles. The summed E-state index contributed by atoms with van der Waals surface area (Å²) in [5, 5.41) is 7.02. The Morgan fingerprint density at radius 1 is 1.26 bits per heavy atom. The van der Waals surface area contributed by atoms with Crippen molar-refractivity contribution in [1.29, 1.82) is 0 Å². The molecule has 0 radical (unpaired) electrons. The summed E-state index contributed by atoms with van der Waals surface area (Å²) in [6, 6.07) is 6.73. The predicted octanol–water partition coefficient (Wildman–Crippen LogP) is 2.65. The average Bonchev–Trinajstić information content (AvgIpc) is 2.67. The number of unbranched alkanes of at least 4 members (excludes halogenated alkanes) is 1. The molecule has 0 unspecified atom stereocenters. The van der Waals surface area contributed by atoms with Crippen molar-refractivity contribution in [3.63, 3.8) is 0 Å². The molecule has 1 aliphatic rings. The van der Waals surface area contributed by atoms with Gasteiger partial charge in [-0.15, -0.1) is 0 Å². The van der Waals surface area contributed by atoms with Gasteiger partial charge in [0.05, 0.1) is 6.54 Å². The van der Waals surface area contributed by atoms with Crippen LogP contribution in [0.5, 0.6) is 0 Å². The Hall–Kier alpha value is -1.82. The van der Waals surface area contributed by atoms with Crippen LogP contribution < -0.4 is 15.5 Å². The quantitative estimate of drug-likeness (QED) is 0.514. The lowest BCUT2D eigenvalue weighted by Gasteiger charge is -2.34. The number of guanidine groups is 1. The van der Waals surface area contributed by atoms with E-state index in [1.807, 2.05) is 0 Å². The van der Waals surface area contributed by atoms with E-state index in [4.69, 9.17) is 4.99 Å². The Bertz CT molecular complexity index is 566. The summed E-state index contributed by atoms with van der Waals surface area (Å²) in [4.78, 5) is 14.2. The Kier molecular flexibility index (Phi) is 9.39. The molecule has 27 heavy (non-hydrogen) atoms. The van der Waals surface area contributed by atoms with Crippen molar-refractivity contribution in [2.24, 2.45) is 4.99 Å². The molecule has 152 valence electrons. The molecule has 0 bridgehead atoms. The van der Waals surface area contributed by atoms with Gasteiger partial charge in [0.2, 0.25) is 0 Å². The molecule has 6 nitrogen and oxygen atoms in total. The van der Waals surface area contributed by atoms with Crippen molar-refractivity contribution >= 4 is 11.8 Å². The fourth-order valence-electron chi connectivity index (χ4n) is 3.34. The molecule has 0 atom stereocenters. The van der Waals surface area contributed by atoms with Crippen LogP contribution in [0.1, 0.15) is 45.2 Å². The van der Waals surface area contributed by atoms with Crippen molar-refractivity contribution in [3.05, 3.63) is 23.9 Å². The summed E-state index contributed by atoms with van der Waals surface area (Å²) in [5.41, 5.74) is 1.08. The standard InChI is InChI=1S/C21H38N6/c1-5-7-14-26(4)17-13-23-21(22-6-2)25-19-11-15-27(16-12-19)20-10-8-9-18(3)24-20/h8-10,19H,5-7,11-17H2,1-4H3,(H2,22,23,25). The van der Waals surface area contributed by atoms with Crippen molar-refractivity contribution < 1.29 is 0 Å². The number of aromatic nitrogens is 1. The third-order valence-electron chi connectivity index (χ3n) is 5.02. The third kappa shape index (κ3) is 7.75. The first-order valence-electron chi connectivity index (χ1n) is 10.5. The summed E-state index contributed by atoms with van der Waals surface area (Å²) < 4.78 is 0. The van der Waals surface area contributed by atoms with Gasteiger partial charge >= 0.3 is 0 Å². The van der Waals surface area contributed by atoms with E-state index < -0.39 is 0 Å². The second-order valence-corrected chi connectivity index (χ2v) is 7.46. The van der Waals surface area contributed by atoms with Crippen LogP contribution >= 0.6 is 0 Å². The minimum absolute atomic E-state index is 0.474. The number of anilines is 1. The van der Waals surface area contributed by atoms with E-state index in [-0.39, 0.29) is 0 Å². The zero-order valence-corrected chi connectivity index (χ0v) is 17.7. The maximum atomic E-state index is 4.77. The van der Waals surface area contributed by atoms with Crippen molar-refractivity contribution in [3.8, 4) is 0 Å². The van der Waals surface area contributed by atoms with Gasteiger partial charge in [0.15, 0.2) is 5.96 Å². The van der Waals surface area contributed by atoms with Crippen LogP contribution in [0.25, 0.3) is 0 Å². The Balaban J connectivity index is 1.78. The van der Waals surface area contributed by atoms with Crippen LogP contribution in [0.15, 0.2) is 23.2 Å². The number of nitrogens with one attached hydrogen (secondary N) is 2. The first-order valence-corrected chi connectivity index (χ1v) is 10.5. The number of rotatable bonds is 9. The maximum absolute atomic E-state index is 4.77. The second kappa shape index (κ2) is 11.8. The molecule has 0 amide bonds. The highest BCUT2D eigenvalue weighted by atomic mass is 15.2. The van der Waals surface area contributed by atoms with Crippen molar-refractivity contribution in [2.75, 3.05) is 51.2 Å². The number of pyridine rings is 1. The van der Waals surface area contributed by atoms with Gasteiger partial charge in [-0.2, -0.15) is 0 Å². The molecular formula is C21H38N6. The number of hydrogen-bond donors (Lipinski definition) is 2. The van der Waals surface area contributed by atoms with E-state index in [9.17, 15) is 0 Å². The fraction of sp³-hybridized carbons (Fsp3) is 0.714. The van der Waals surface area contributed by atoms with E-state index in [1.165, 1.54) is 12.8 Å². The number of aryl methyl sites for hydroxylation is 1. The lowest BCUT2D eigenvalue weighted by molar-refractivity contribution is 0.337. The van der Waals surface area contributed by atoms with E-state index >= 15 is 0 Å². The van der Waals surface area contributed by atoms with Gasteiger partial charge in [-0.3, -0.25) is 4.99 Å². The Morgan fingerprint density at radius 3 is 2.70 bits per heavy atom. The van der Waals surface area contributed by atoms with Gasteiger partial charge in [0.25, 0.3) is 0 Å². The summed E-state index contributed by atoms with van der Waals surface area (Å²) >= 11 is 0. The molecule has 6 heteroatoms. The Labute approximate surface area is 165 Å². The lowest BCUT2D eigenvalue weighted by atomic mass is 10.1. The van der Waals surface area contributed by atoms with Gasteiger partial charge in [-0.25, -0.2) is 4.98 Å². The first kappa shape index (κ1) is 21.5. The minimum Gasteiger partial charge on any atom is -0.357 e. The molecule has 1 aromatic heterocycles. The number of piperidine rings is 1. The van der Waals surface area contributed by atoms with Gasteiger partial charge in [-0.05, 0) is 58.8 Å². The van der Waals surface area contributed by atoms with Gasteiger partial charge < -0.3 is 20.4 Å². The summed E-state index contributed by atoms with van der Waals surface area (Å²) in [6.07, 6.45) is 4.72. The molecule has 1 aliphatic heterocycles. The molecule has 1 fully saturated rings. The predicted molar refractivity (Wildman–Crippen MR) is 116 cm³/mol. The van der Waals surface area contributed by atoms with E-state index in [0.29, 0.717) is 6.04 Å². The number of nitrogens with zero attached hydrogens (tertiary/aromatic N) is 4. The SMILES string of the molecule is CCCCN(C)CCN=C(NCC)NC1CCN(c2cccc(C)n2)CC1. The van der Waals surface area contributed by atoms with Gasteiger partial charge in [-0.1, -0.05) is 19.4 Å². The Morgan fingerprint density at radius 2 is 2.04 bits per heavy atom. The first-order chi connectivity index (χ1) is 13.1. The molecule has 0 aliphatic carbocycles. The lowest BCUT2D eigenvalue weighted by Crippen LogP contribution is -2.49. The highest BCUT2D eigenvalue weighted by Gasteiger charge is 2.20. The van der Waals surface area contributed by atoms with Crippen molar-refractivity contribution in [1.82, 2.24) is 20.5 Å². The van der Waals surface area contributed by atoms with E-state index in [2.05, 4.69) is 71.4 Å². The minimum atomic E-state index is 0.474. The molecule has 0 spiro atoms. The zero-order valence-electron chi connectivity index (χ0n) is 17.7. The van der Waals surface area contributed by atoms with Crippen molar-refractivity contribution in [2.45, 2.75) is 52.5 Å². The maximum Gasteiger partial charge on any atom is 0.191 e. The number of hydrogen-bond acceptors (Lipinski definition) is 4. The van der Waals surface area contributed by atoms with Crippen LogP contribution in [-0.2, 0) is 0 Å². The molecule has 2 heterocycles. The van der Waals surface area contributed by atoms with Crippen LogP contribution in [0.3, 0.4) is 0 Å². The molecule has 2 rings (SSSR count). The second-order valence-electron chi connectivity index (χ2n) is 7.46. The topological polar surface area (TPSA) is 55.8 Å². The van der Waals surface area contributed by atoms with Crippen LogP contribution in [0.2, 0.25) is 0 Å². The van der Waals surface area contributed by atoms with Crippen LogP contribution in [0.4, 0.5) is 5.82 Å². The average molecular weight is 375 g/mol. The van der Waals surface area contributed by atoms with Crippen LogP contribution in [-0.4, -0.2) is 68.2 Å². The molecule has 1 aromatic rings. The normalized spacial score (nSPS) is 16.0. The largest absolute Gasteiger partial charge is 0.357 e. The van der Waals surface area contributed by atoms with E-state index in [1.54, 1.807) is 0 Å². The molecular weight excluding hydrogens is 336 g/mol. The number of aliphatic imine (C=N–C) groups is 1. The fourth-order valence-corrected chi connectivity index (χ4v) is 3.34. The molecule has 0 saturated carbocycles. The summed E-state index contributed by atoms with van der Waals surface area (Å²) in [5.74, 6) is 2.05. The van der Waals surface area contributed by atoms with Gasteiger partial charge in [0.1, 0.15) is 5.82 Å². The monoisotopic (exact) mass is 374 g/mol. The zero-order chi connectivity index (χ0) is 19.5. The third-order valence-corrected chi connectivity index (χ3v) is 5.02. The summed E-state index contributed by atoms with van der Waals surface area (Å²) in [6.45, 7) is 12.4.